The zero-order valence-corrected chi connectivity index (χ0v) is 15.7. The highest BCUT2D eigenvalue weighted by molar-refractivity contribution is 6.07. The van der Waals surface area contributed by atoms with Crippen LogP contribution in [-0.4, -0.2) is 15.3 Å². The third-order valence-electron chi connectivity index (χ3n) is 5.18. The summed E-state index contributed by atoms with van der Waals surface area (Å²) in [4.78, 5) is 28.4. The van der Waals surface area contributed by atoms with E-state index in [0.29, 0.717) is 17.6 Å². The smallest absolute Gasteiger partial charge is 0.259 e. The molecule has 0 aliphatic carbocycles. The predicted octanol–water partition coefficient (Wildman–Crippen LogP) is 4.03. The highest BCUT2D eigenvalue weighted by atomic mass is 16.3. The summed E-state index contributed by atoms with van der Waals surface area (Å²) in [6.45, 7) is 2.03. The Morgan fingerprint density at radius 2 is 1.76 bits per heavy atom. The van der Waals surface area contributed by atoms with E-state index in [1.54, 1.807) is 0 Å². The van der Waals surface area contributed by atoms with Crippen molar-refractivity contribution in [2.45, 2.75) is 13.5 Å². The van der Waals surface area contributed by atoms with Crippen LogP contribution in [0.25, 0.3) is 33.1 Å². The molecule has 0 amide bonds. The quantitative estimate of drug-likeness (QED) is 0.461. The molecule has 0 aliphatic rings. The number of aromatic nitrogens is 2. The number of aromatic amines is 1. The van der Waals surface area contributed by atoms with Gasteiger partial charge in [-0.25, -0.2) is 0 Å². The molecule has 0 saturated carbocycles. The number of pyridine rings is 1. The third kappa shape index (κ3) is 2.61. The summed E-state index contributed by atoms with van der Waals surface area (Å²) in [6, 6.07) is 19.0. The molecule has 2 aromatic carbocycles. The second-order valence-electron chi connectivity index (χ2n) is 7.08. The molecule has 2 N–H and O–H groups in total. The van der Waals surface area contributed by atoms with Gasteiger partial charge in [-0.3, -0.25) is 14.6 Å². The van der Waals surface area contributed by atoms with Gasteiger partial charge >= 0.3 is 0 Å². The number of H-pyrrole nitrogens is 1. The number of benzene rings is 2. The monoisotopic (exact) mass is 383 g/mol. The van der Waals surface area contributed by atoms with Gasteiger partial charge in [-0.2, -0.15) is 0 Å². The highest BCUT2D eigenvalue weighted by Crippen LogP contribution is 2.29. The third-order valence-corrected chi connectivity index (χ3v) is 5.18. The molecular weight excluding hydrogens is 366 g/mol. The van der Waals surface area contributed by atoms with E-state index >= 15 is 0 Å². The number of nitrogens with zero attached hydrogens (tertiary/aromatic N) is 1. The second kappa shape index (κ2) is 6.31. The molecule has 3 aromatic heterocycles. The van der Waals surface area contributed by atoms with Gasteiger partial charge in [-0.15, -0.1) is 0 Å². The first-order chi connectivity index (χ1) is 14.0. The Morgan fingerprint density at radius 3 is 2.52 bits per heavy atom. The van der Waals surface area contributed by atoms with Crippen molar-refractivity contribution in [1.29, 1.82) is 5.41 Å². The van der Waals surface area contributed by atoms with Crippen molar-refractivity contribution in [3.05, 3.63) is 92.4 Å². The minimum atomic E-state index is -0.444. The number of rotatable bonds is 3. The molecule has 5 aromatic rings. The zero-order chi connectivity index (χ0) is 20.1. The first-order valence-corrected chi connectivity index (χ1v) is 9.25. The molecule has 3 heterocycles. The standard InChI is InChI=1S/C23H17N3O3/c1-13(24)16-11-17-20(27)19-21(29-23(17)25-22(16)28)15-9-5-6-10-18(15)26(19)12-14-7-3-2-4-8-14/h2-11,24H,12H2,1H3,(H,25,28). The van der Waals surface area contributed by atoms with Crippen molar-refractivity contribution in [1.82, 2.24) is 9.55 Å². The van der Waals surface area contributed by atoms with E-state index in [1.165, 1.54) is 13.0 Å². The Bertz CT molecular complexity index is 1540. The van der Waals surface area contributed by atoms with E-state index in [9.17, 15) is 9.59 Å². The summed E-state index contributed by atoms with van der Waals surface area (Å²) in [5.41, 5.74) is 2.55. The molecule has 0 aliphatic heterocycles. The maximum absolute atomic E-state index is 13.5. The Labute approximate surface area is 164 Å². The molecule has 29 heavy (non-hydrogen) atoms. The summed E-state index contributed by atoms with van der Waals surface area (Å²) in [5, 5.41) is 8.88. The maximum Gasteiger partial charge on any atom is 0.259 e. The normalized spacial score (nSPS) is 11.5. The van der Waals surface area contributed by atoms with Crippen LogP contribution in [0, 0.1) is 5.41 Å². The van der Waals surface area contributed by atoms with E-state index < -0.39 is 5.56 Å². The molecule has 0 bridgehead atoms. The lowest BCUT2D eigenvalue weighted by atomic mass is 10.1. The van der Waals surface area contributed by atoms with Crippen molar-refractivity contribution < 1.29 is 4.42 Å². The summed E-state index contributed by atoms with van der Waals surface area (Å²) >= 11 is 0. The first-order valence-electron chi connectivity index (χ1n) is 9.25. The molecule has 0 atom stereocenters. The van der Waals surface area contributed by atoms with Crippen LogP contribution in [0.5, 0.6) is 0 Å². The second-order valence-corrected chi connectivity index (χ2v) is 7.08. The van der Waals surface area contributed by atoms with Crippen LogP contribution in [0.15, 0.2) is 74.7 Å². The van der Waals surface area contributed by atoms with E-state index in [2.05, 4.69) is 4.98 Å². The molecule has 0 saturated heterocycles. The number of hydrogen-bond acceptors (Lipinski definition) is 4. The molecular formula is C23H17N3O3. The van der Waals surface area contributed by atoms with E-state index in [4.69, 9.17) is 9.83 Å². The van der Waals surface area contributed by atoms with Crippen molar-refractivity contribution in [2.75, 3.05) is 0 Å². The van der Waals surface area contributed by atoms with Crippen LogP contribution >= 0.6 is 0 Å². The molecule has 0 fully saturated rings. The average molecular weight is 383 g/mol. The topological polar surface area (TPSA) is 91.8 Å². The summed E-state index contributed by atoms with van der Waals surface area (Å²) in [6.07, 6.45) is 0. The lowest BCUT2D eigenvalue weighted by Gasteiger charge is -2.07. The number of fused-ring (bicyclic) bond motifs is 4. The van der Waals surface area contributed by atoms with Gasteiger partial charge in [0.2, 0.25) is 11.1 Å². The molecule has 142 valence electrons. The fourth-order valence-electron chi connectivity index (χ4n) is 3.80. The van der Waals surface area contributed by atoms with E-state index in [0.717, 1.165) is 16.5 Å². The highest BCUT2D eigenvalue weighted by Gasteiger charge is 2.19. The minimum Gasteiger partial charge on any atom is -0.437 e. The fourth-order valence-corrected chi connectivity index (χ4v) is 3.80. The largest absolute Gasteiger partial charge is 0.437 e. The number of para-hydroxylation sites is 1. The van der Waals surface area contributed by atoms with Gasteiger partial charge in [0.05, 0.1) is 16.5 Å². The minimum absolute atomic E-state index is 0.0949. The van der Waals surface area contributed by atoms with Crippen LogP contribution in [0.2, 0.25) is 0 Å². The Balaban J connectivity index is 1.93. The van der Waals surface area contributed by atoms with E-state index in [1.807, 2.05) is 59.2 Å². The lowest BCUT2D eigenvalue weighted by Crippen LogP contribution is -2.18. The van der Waals surface area contributed by atoms with Crippen LogP contribution in [0.1, 0.15) is 18.1 Å². The Hall–Kier alpha value is -3.93. The van der Waals surface area contributed by atoms with Gasteiger partial charge in [0.25, 0.3) is 5.56 Å². The zero-order valence-electron chi connectivity index (χ0n) is 15.7. The number of nitrogens with one attached hydrogen (secondary N) is 2. The van der Waals surface area contributed by atoms with E-state index in [-0.39, 0.29) is 27.8 Å². The summed E-state index contributed by atoms with van der Waals surface area (Å²) in [7, 11) is 0. The van der Waals surface area contributed by atoms with Gasteiger partial charge in [0, 0.05) is 17.6 Å². The SMILES string of the molecule is CC(=N)c1cc2c(=O)c3c(oc2[nH]c1=O)c1ccccc1n3Cc1ccccc1. The molecule has 5 rings (SSSR count). The van der Waals surface area contributed by atoms with Crippen molar-refractivity contribution >= 4 is 38.8 Å². The maximum atomic E-state index is 13.5. The molecule has 0 radical (unpaired) electrons. The van der Waals surface area contributed by atoms with Crippen molar-refractivity contribution in [3.8, 4) is 0 Å². The lowest BCUT2D eigenvalue weighted by molar-refractivity contribution is 0.644. The average Bonchev–Trinajstić information content (AvgIpc) is 3.02. The van der Waals surface area contributed by atoms with Crippen LogP contribution in [0.4, 0.5) is 0 Å². The molecule has 6 nitrogen and oxygen atoms in total. The van der Waals surface area contributed by atoms with Crippen molar-refractivity contribution in [2.24, 2.45) is 0 Å². The van der Waals surface area contributed by atoms with Crippen LogP contribution < -0.4 is 11.0 Å². The van der Waals surface area contributed by atoms with Crippen LogP contribution in [-0.2, 0) is 6.54 Å². The summed E-state index contributed by atoms with van der Waals surface area (Å²) in [5.74, 6) is 0. The molecule has 0 spiro atoms. The van der Waals surface area contributed by atoms with Crippen molar-refractivity contribution in [3.63, 3.8) is 0 Å². The Kier molecular flexibility index (Phi) is 3.74. The van der Waals surface area contributed by atoms with Gasteiger partial charge in [0.1, 0.15) is 5.52 Å². The van der Waals surface area contributed by atoms with Crippen LogP contribution in [0.3, 0.4) is 0 Å². The number of hydrogen-bond donors (Lipinski definition) is 2. The van der Waals surface area contributed by atoms with Gasteiger partial charge in [-0.1, -0.05) is 42.5 Å². The predicted molar refractivity (Wildman–Crippen MR) is 114 cm³/mol. The molecule has 6 heteroatoms. The molecule has 0 unspecified atom stereocenters. The Morgan fingerprint density at radius 1 is 1.03 bits per heavy atom. The van der Waals surface area contributed by atoms with Gasteiger partial charge in [0.15, 0.2) is 5.58 Å². The van der Waals surface area contributed by atoms with Gasteiger partial charge < -0.3 is 14.4 Å². The summed E-state index contributed by atoms with van der Waals surface area (Å²) < 4.78 is 7.98. The fraction of sp³-hybridized carbons (Fsp3) is 0.0870. The van der Waals surface area contributed by atoms with Gasteiger partial charge in [-0.05, 0) is 30.7 Å². The first kappa shape index (κ1) is 17.2.